The summed E-state index contributed by atoms with van der Waals surface area (Å²) in [5.41, 5.74) is 0.0354. The number of aryl methyl sites for hydroxylation is 1. The second-order valence-electron chi connectivity index (χ2n) is 5.56. The first-order valence-corrected chi connectivity index (χ1v) is 7.96. The number of rotatable bonds is 5. The van der Waals surface area contributed by atoms with Crippen molar-refractivity contribution in [1.82, 2.24) is 10.6 Å². The van der Waals surface area contributed by atoms with Gasteiger partial charge in [0.15, 0.2) is 0 Å². The Balaban J connectivity index is 1.82. The van der Waals surface area contributed by atoms with E-state index in [1.165, 1.54) is 29.0 Å². The average Bonchev–Trinajstić information content (AvgIpc) is 2.83. The molecule has 1 aromatic rings. The molecule has 0 saturated heterocycles. The molecular weight excluding hydrogens is 256 g/mol. The number of nitrogens with one attached hydrogen (secondary N) is 2. The summed E-state index contributed by atoms with van der Waals surface area (Å²) < 4.78 is 0. The second kappa shape index (κ2) is 6.53. The van der Waals surface area contributed by atoms with Crippen molar-refractivity contribution in [1.29, 1.82) is 0 Å². The van der Waals surface area contributed by atoms with Gasteiger partial charge in [0.25, 0.3) is 0 Å². The highest BCUT2D eigenvalue weighted by Crippen LogP contribution is 2.30. The molecule has 1 aliphatic carbocycles. The maximum absolute atomic E-state index is 12.1. The first kappa shape index (κ1) is 14.5. The zero-order valence-corrected chi connectivity index (χ0v) is 12.7. The average molecular weight is 280 g/mol. The van der Waals surface area contributed by atoms with Crippen LogP contribution in [0.5, 0.6) is 0 Å². The first-order chi connectivity index (χ1) is 9.13. The third-order valence-electron chi connectivity index (χ3n) is 4.10. The van der Waals surface area contributed by atoms with Crippen LogP contribution in [0.25, 0.3) is 0 Å². The van der Waals surface area contributed by atoms with Crippen molar-refractivity contribution >= 4 is 17.2 Å². The van der Waals surface area contributed by atoms with Gasteiger partial charge in [-0.2, -0.15) is 0 Å². The van der Waals surface area contributed by atoms with Crippen LogP contribution in [-0.4, -0.2) is 18.5 Å². The fraction of sp³-hybridized carbons (Fsp3) is 0.667. The van der Waals surface area contributed by atoms with E-state index in [9.17, 15) is 4.79 Å². The van der Waals surface area contributed by atoms with E-state index in [0.717, 1.165) is 12.8 Å². The minimum absolute atomic E-state index is 0.0354. The van der Waals surface area contributed by atoms with E-state index in [4.69, 9.17) is 0 Å². The van der Waals surface area contributed by atoms with E-state index < -0.39 is 0 Å². The second-order valence-corrected chi connectivity index (χ2v) is 6.93. The summed E-state index contributed by atoms with van der Waals surface area (Å²) in [6.07, 6.45) is 6.62. The van der Waals surface area contributed by atoms with Crippen LogP contribution in [0.15, 0.2) is 12.1 Å². The van der Waals surface area contributed by atoms with Crippen molar-refractivity contribution in [2.24, 2.45) is 0 Å². The normalized spacial score (nSPS) is 18.2. The van der Waals surface area contributed by atoms with E-state index in [1.807, 2.05) is 7.05 Å². The summed E-state index contributed by atoms with van der Waals surface area (Å²) in [4.78, 5) is 14.6. The molecule has 0 bridgehead atoms. The first-order valence-electron chi connectivity index (χ1n) is 7.14. The lowest BCUT2D eigenvalue weighted by Gasteiger charge is -2.36. The molecule has 1 fully saturated rings. The van der Waals surface area contributed by atoms with Crippen LogP contribution in [0.4, 0.5) is 0 Å². The molecule has 106 valence electrons. The molecule has 1 aliphatic rings. The highest BCUT2D eigenvalue weighted by atomic mass is 32.1. The van der Waals surface area contributed by atoms with Gasteiger partial charge in [-0.25, -0.2) is 0 Å². The van der Waals surface area contributed by atoms with Gasteiger partial charge >= 0.3 is 0 Å². The standard InChI is InChI=1S/C15H24N2OS/c1-12-6-7-13(19-12)11-17-14(18)10-15(16-2)8-4-3-5-9-15/h6-7,16H,3-5,8-11H2,1-2H3,(H,17,18). The molecule has 2 rings (SSSR count). The van der Waals surface area contributed by atoms with Crippen molar-refractivity contribution < 1.29 is 4.79 Å². The van der Waals surface area contributed by atoms with Gasteiger partial charge in [-0.05, 0) is 38.9 Å². The molecule has 4 heteroatoms. The van der Waals surface area contributed by atoms with Gasteiger partial charge in [0.2, 0.25) is 5.91 Å². The van der Waals surface area contributed by atoms with Gasteiger partial charge in [-0.15, -0.1) is 11.3 Å². The Hall–Kier alpha value is -0.870. The Morgan fingerprint density at radius 2 is 2.05 bits per heavy atom. The molecular formula is C15H24N2OS. The molecule has 0 aliphatic heterocycles. The van der Waals surface area contributed by atoms with Gasteiger partial charge in [-0.3, -0.25) is 4.79 Å². The quantitative estimate of drug-likeness (QED) is 0.870. The monoisotopic (exact) mass is 280 g/mol. The lowest BCUT2D eigenvalue weighted by atomic mass is 9.79. The van der Waals surface area contributed by atoms with E-state index >= 15 is 0 Å². The summed E-state index contributed by atoms with van der Waals surface area (Å²) in [5, 5.41) is 6.44. The molecule has 1 saturated carbocycles. The summed E-state index contributed by atoms with van der Waals surface area (Å²) in [6, 6.07) is 4.19. The summed E-state index contributed by atoms with van der Waals surface area (Å²) in [7, 11) is 1.99. The Morgan fingerprint density at radius 1 is 1.32 bits per heavy atom. The minimum Gasteiger partial charge on any atom is -0.351 e. The summed E-state index contributed by atoms with van der Waals surface area (Å²) in [6.45, 7) is 2.76. The Morgan fingerprint density at radius 3 is 2.63 bits per heavy atom. The third-order valence-corrected chi connectivity index (χ3v) is 5.10. The zero-order chi connectivity index (χ0) is 13.7. The lowest BCUT2D eigenvalue weighted by Crippen LogP contribution is -2.48. The molecule has 19 heavy (non-hydrogen) atoms. The lowest BCUT2D eigenvalue weighted by molar-refractivity contribution is -0.123. The molecule has 0 spiro atoms. The Kier molecular flexibility index (Phi) is 4.99. The largest absolute Gasteiger partial charge is 0.351 e. The molecule has 1 amide bonds. The third kappa shape index (κ3) is 4.05. The zero-order valence-electron chi connectivity index (χ0n) is 11.9. The number of carbonyl (C=O) groups excluding carboxylic acids is 1. The van der Waals surface area contributed by atoms with Crippen molar-refractivity contribution in [2.75, 3.05) is 7.05 Å². The molecule has 2 N–H and O–H groups in total. The van der Waals surface area contributed by atoms with Crippen LogP contribution >= 0.6 is 11.3 Å². The number of thiophene rings is 1. The fourth-order valence-electron chi connectivity index (χ4n) is 2.88. The number of hydrogen-bond donors (Lipinski definition) is 2. The van der Waals surface area contributed by atoms with E-state index in [-0.39, 0.29) is 11.4 Å². The maximum Gasteiger partial charge on any atom is 0.222 e. The molecule has 1 heterocycles. The van der Waals surface area contributed by atoms with Crippen molar-refractivity contribution in [3.63, 3.8) is 0 Å². The highest BCUT2D eigenvalue weighted by Gasteiger charge is 2.32. The predicted molar refractivity (Wildman–Crippen MR) is 80.4 cm³/mol. The molecule has 0 radical (unpaired) electrons. The van der Waals surface area contributed by atoms with Gasteiger partial charge in [0, 0.05) is 21.7 Å². The Labute approximate surface area is 119 Å². The molecule has 0 aromatic carbocycles. The van der Waals surface area contributed by atoms with Crippen LogP contribution in [-0.2, 0) is 11.3 Å². The molecule has 1 aromatic heterocycles. The van der Waals surface area contributed by atoms with Crippen LogP contribution in [0.2, 0.25) is 0 Å². The van der Waals surface area contributed by atoms with Gasteiger partial charge in [-0.1, -0.05) is 19.3 Å². The predicted octanol–water partition coefficient (Wildman–Crippen LogP) is 2.99. The van der Waals surface area contributed by atoms with Crippen LogP contribution in [0, 0.1) is 6.92 Å². The number of amides is 1. The maximum atomic E-state index is 12.1. The van der Waals surface area contributed by atoms with Crippen LogP contribution in [0.1, 0.15) is 48.3 Å². The van der Waals surface area contributed by atoms with Gasteiger partial charge in [0.1, 0.15) is 0 Å². The fourth-order valence-corrected chi connectivity index (χ4v) is 3.71. The molecule has 0 atom stereocenters. The van der Waals surface area contributed by atoms with E-state index in [0.29, 0.717) is 13.0 Å². The number of hydrogen-bond acceptors (Lipinski definition) is 3. The van der Waals surface area contributed by atoms with Crippen molar-refractivity contribution in [3.05, 3.63) is 21.9 Å². The van der Waals surface area contributed by atoms with Gasteiger partial charge in [0.05, 0.1) is 6.54 Å². The van der Waals surface area contributed by atoms with Crippen molar-refractivity contribution in [2.45, 2.75) is 57.5 Å². The Bertz CT molecular complexity index is 422. The molecule has 3 nitrogen and oxygen atoms in total. The summed E-state index contributed by atoms with van der Waals surface area (Å²) >= 11 is 1.75. The highest BCUT2D eigenvalue weighted by molar-refractivity contribution is 7.11. The number of carbonyl (C=O) groups is 1. The van der Waals surface area contributed by atoms with Crippen LogP contribution < -0.4 is 10.6 Å². The van der Waals surface area contributed by atoms with E-state index in [1.54, 1.807) is 11.3 Å². The van der Waals surface area contributed by atoms with E-state index in [2.05, 4.69) is 29.7 Å². The smallest absolute Gasteiger partial charge is 0.222 e. The van der Waals surface area contributed by atoms with Gasteiger partial charge < -0.3 is 10.6 Å². The summed E-state index contributed by atoms with van der Waals surface area (Å²) in [5.74, 6) is 0.169. The van der Waals surface area contributed by atoms with Crippen LogP contribution in [0.3, 0.4) is 0 Å². The van der Waals surface area contributed by atoms with Crippen molar-refractivity contribution in [3.8, 4) is 0 Å². The minimum atomic E-state index is 0.0354. The molecule has 0 unspecified atom stereocenters. The topological polar surface area (TPSA) is 41.1 Å². The SMILES string of the molecule is CNC1(CC(=O)NCc2ccc(C)s2)CCCCC1.